The van der Waals surface area contributed by atoms with Crippen molar-refractivity contribution in [3.8, 4) is 5.75 Å². The first-order valence-corrected chi connectivity index (χ1v) is 4.92. The van der Waals surface area contributed by atoms with Crippen molar-refractivity contribution in [3.05, 3.63) is 36.0 Å². The third-order valence-electron chi connectivity index (χ3n) is 2.35. The molecule has 4 nitrogen and oxygen atoms in total. The molecule has 1 aromatic carbocycles. The highest BCUT2D eigenvalue weighted by Gasteiger charge is 2.13. The molecule has 0 radical (unpaired) electrons. The number of hydrogen-bond acceptors (Lipinski definition) is 3. The molecule has 16 heavy (non-hydrogen) atoms. The van der Waals surface area contributed by atoms with Crippen molar-refractivity contribution in [1.82, 2.24) is 10.3 Å². The summed E-state index contributed by atoms with van der Waals surface area (Å²) in [7, 11) is 3.09. The number of nitrogens with one attached hydrogen (secondary N) is 1. The predicted molar refractivity (Wildman–Crippen MR) is 61.7 cm³/mol. The van der Waals surface area contributed by atoms with E-state index in [-0.39, 0.29) is 5.91 Å². The highest BCUT2D eigenvalue weighted by molar-refractivity contribution is 5.97. The molecule has 0 atom stereocenters. The zero-order chi connectivity index (χ0) is 11.5. The molecule has 2 rings (SSSR count). The Bertz CT molecular complexity index is 538. The average Bonchev–Trinajstić information content (AvgIpc) is 2.36. The molecular weight excluding hydrogens is 204 g/mol. The van der Waals surface area contributed by atoms with E-state index in [9.17, 15) is 4.79 Å². The number of nitrogens with zero attached hydrogens (tertiary/aromatic N) is 1. The molecule has 0 unspecified atom stereocenters. The van der Waals surface area contributed by atoms with Crippen molar-refractivity contribution in [2.75, 3.05) is 14.2 Å². The number of amides is 1. The fraction of sp³-hybridized carbons (Fsp3) is 0.167. The third kappa shape index (κ3) is 1.69. The van der Waals surface area contributed by atoms with Gasteiger partial charge < -0.3 is 10.1 Å². The van der Waals surface area contributed by atoms with Gasteiger partial charge in [-0.25, -0.2) is 4.98 Å². The Kier molecular flexibility index (Phi) is 2.72. The van der Waals surface area contributed by atoms with Crippen LogP contribution < -0.4 is 10.1 Å². The summed E-state index contributed by atoms with van der Waals surface area (Å²) in [5, 5.41) is 3.49. The largest absolute Gasteiger partial charge is 0.494 e. The van der Waals surface area contributed by atoms with Gasteiger partial charge in [-0.2, -0.15) is 0 Å². The van der Waals surface area contributed by atoms with E-state index in [1.54, 1.807) is 7.05 Å². The summed E-state index contributed by atoms with van der Waals surface area (Å²) < 4.78 is 5.15. The number of ether oxygens (including phenoxy) is 1. The lowest BCUT2D eigenvalue weighted by atomic mass is 10.2. The van der Waals surface area contributed by atoms with Crippen molar-refractivity contribution in [1.29, 1.82) is 0 Å². The Hall–Kier alpha value is -2.10. The summed E-state index contributed by atoms with van der Waals surface area (Å²) in [6.07, 6.45) is 0. The van der Waals surface area contributed by atoms with Crippen LogP contribution in [0.2, 0.25) is 0 Å². The van der Waals surface area contributed by atoms with Crippen LogP contribution in [0, 0.1) is 0 Å². The molecule has 1 aromatic heterocycles. The number of hydrogen-bond donors (Lipinski definition) is 1. The number of methoxy groups -OCH3 is 1. The molecule has 82 valence electrons. The van der Waals surface area contributed by atoms with Gasteiger partial charge in [0.25, 0.3) is 5.91 Å². The maximum Gasteiger partial charge on any atom is 0.273 e. The number of fused-ring (bicyclic) bond motifs is 1. The van der Waals surface area contributed by atoms with E-state index in [1.807, 2.05) is 30.3 Å². The summed E-state index contributed by atoms with van der Waals surface area (Å²) in [6.45, 7) is 0. The summed E-state index contributed by atoms with van der Waals surface area (Å²) in [5.74, 6) is 0.237. The van der Waals surface area contributed by atoms with Crippen LogP contribution in [-0.2, 0) is 0 Å². The van der Waals surface area contributed by atoms with Crippen molar-refractivity contribution in [2.45, 2.75) is 0 Å². The van der Waals surface area contributed by atoms with E-state index in [0.29, 0.717) is 11.4 Å². The van der Waals surface area contributed by atoms with Crippen LogP contribution in [0.25, 0.3) is 10.9 Å². The average molecular weight is 216 g/mol. The molecule has 2 aromatic rings. The van der Waals surface area contributed by atoms with Crippen molar-refractivity contribution < 1.29 is 9.53 Å². The highest BCUT2D eigenvalue weighted by atomic mass is 16.5. The number of rotatable bonds is 2. The molecule has 1 N–H and O–H groups in total. The standard InChI is InChI=1S/C12H12N2O2/c1-13-12(15)11-10(16-2)7-8-5-3-4-6-9(8)14-11/h3-7H,1-2H3,(H,13,15). The second kappa shape index (κ2) is 4.18. The summed E-state index contributed by atoms with van der Waals surface area (Å²) in [6, 6.07) is 9.41. The highest BCUT2D eigenvalue weighted by Crippen LogP contribution is 2.22. The third-order valence-corrected chi connectivity index (χ3v) is 2.35. The Balaban J connectivity index is 2.67. The minimum atomic E-state index is -0.248. The van der Waals surface area contributed by atoms with Gasteiger partial charge in [0.2, 0.25) is 0 Å². The van der Waals surface area contributed by atoms with Crippen molar-refractivity contribution >= 4 is 16.8 Å². The molecule has 0 saturated carbocycles. The fourth-order valence-corrected chi connectivity index (χ4v) is 1.53. The number of para-hydroxylation sites is 1. The van der Waals surface area contributed by atoms with Gasteiger partial charge in [-0.1, -0.05) is 18.2 Å². The molecule has 0 aliphatic carbocycles. The monoisotopic (exact) mass is 216 g/mol. The quantitative estimate of drug-likeness (QED) is 0.829. The minimum absolute atomic E-state index is 0.248. The van der Waals surface area contributed by atoms with Gasteiger partial charge in [-0.05, 0) is 12.1 Å². The van der Waals surface area contributed by atoms with Crippen LogP contribution in [0.15, 0.2) is 30.3 Å². The molecule has 1 amide bonds. The minimum Gasteiger partial charge on any atom is -0.494 e. The summed E-state index contributed by atoms with van der Waals surface area (Å²) >= 11 is 0. The van der Waals surface area contributed by atoms with Gasteiger partial charge in [-0.15, -0.1) is 0 Å². The number of benzene rings is 1. The van der Waals surface area contributed by atoms with E-state index in [2.05, 4.69) is 10.3 Å². The van der Waals surface area contributed by atoms with Crippen LogP contribution in [-0.4, -0.2) is 25.0 Å². The van der Waals surface area contributed by atoms with E-state index in [0.717, 1.165) is 10.9 Å². The topological polar surface area (TPSA) is 51.2 Å². The second-order valence-electron chi connectivity index (χ2n) is 3.31. The molecule has 0 bridgehead atoms. The van der Waals surface area contributed by atoms with E-state index in [1.165, 1.54) is 7.11 Å². The maximum atomic E-state index is 11.6. The Labute approximate surface area is 93.3 Å². The van der Waals surface area contributed by atoms with Crippen LogP contribution in [0.5, 0.6) is 5.75 Å². The lowest BCUT2D eigenvalue weighted by Gasteiger charge is -2.07. The Morgan fingerprint density at radius 3 is 2.81 bits per heavy atom. The van der Waals surface area contributed by atoms with Crippen molar-refractivity contribution in [2.24, 2.45) is 0 Å². The first-order valence-electron chi connectivity index (χ1n) is 4.92. The second-order valence-corrected chi connectivity index (χ2v) is 3.31. The molecule has 1 heterocycles. The van der Waals surface area contributed by atoms with E-state index in [4.69, 9.17) is 4.74 Å². The normalized spacial score (nSPS) is 10.1. The first kappa shape index (κ1) is 10.4. The fourth-order valence-electron chi connectivity index (χ4n) is 1.53. The van der Waals surface area contributed by atoms with E-state index >= 15 is 0 Å². The molecule has 0 spiro atoms. The predicted octanol–water partition coefficient (Wildman–Crippen LogP) is 1.60. The van der Waals surface area contributed by atoms with Crippen LogP contribution in [0.1, 0.15) is 10.5 Å². The molecule has 4 heteroatoms. The van der Waals surface area contributed by atoms with Gasteiger partial charge in [-0.3, -0.25) is 4.79 Å². The number of pyridine rings is 1. The maximum absolute atomic E-state index is 11.6. The molecule has 0 aliphatic rings. The zero-order valence-electron chi connectivity index (χ0n) is 9.15. The van der Waals surface area contributed by atoms with Gasteiger partial charge in [0, 0.05) is 12.4 Å². The SMILES string of the molecule is CNC(=O)c1nc2ccccc2cc1OC. The van der Waals surface area contributed by atoms with E-state index < -0.39 is 0 Å². The number of carbonyl (C=O) groups is 1. The Morgan fingerprint density at radius 2 is 2.12 bits per heavy atom. The first-order chi connectivity index (χ1) is 7.76. The smallest absolute Gasteiger partial charge is 0.273 e. The van der Waals surface area contributed by atoms with Gasteiger partial charge in [0.15, 0.2) is 11.4 Å². The lowest BCUT2D eigenvalue weighted by molar-refractivity contribution is 0.0955. The molecular formula is C12H12N2O2. The van der Waals surface area contributed by atoms with Crippen LogP contribution in [0.3, 0.4) is 0 Å². The number of carbonyl (C=O) groups excluding carboxylic acids is 1. The van der Waals surface area contributed by atoms with Crippen LogP contribution >= 0.6 is 0 Å². The molecule has 0 fully saturated rings. The number of aromatic nitrogens is 1. The van der Waals surface area contributed by atoms with Crippen LogP contribution in [0.4, 0.5) is 0 Å². The van der Waals surface area contributed by atoms with Gasteiger partial charge >= 0.3 is 0 Å². The lowest BCUT2D eigenvalue weighted by Crippen LogP contribution is -2.20. The summed E-state index contributed by atoms with van der Waals surface area (Å²) in [5.41, 5.74) is 1.09. The van der Waals surface area contributed by atoms with Gasteiger partial charge in [0.05, 0.1) is 12.6 Å². The zero-order valence-corrected chi connectivity index (χ0v) is 9.15. The molecule has 0 aliphatic heterocycles. The van der Waals surface area contributed by atoms with Gasteiger partial charge in [0.1, 0.15) is 0 Å². The van der Waals surface area contributed by atoms with Crippen molar-refractivity contribution in [3.63, 3.8) is 0 Å². The molecule has 0 saturated heterocycles. The summed E-state index contributed by atoms with van der Waals surface area (Å²) in [4.78, 5) is 15.9. The Morgan fingerprint density at radius 1 is 1.38 bits per heavy atom.